The summed E-state index contributed by atoms with van der Waals surface area (Å²) in [5.74, 6) is -1.60. The molecule has 1 heterocycles. The first-order chi connectivity index (χ1) is 17.8. The number of amides is 1. The van der Waals surface area contributed by atoms with E-state index in [0.29, 0.717) is 22.7 Å². The molecule has 3 aromatic rings. The fourth-order valence-corrected chi connectivity index (χ4v) is 4.36. The number of aryl methyl sites for hydroxylation is 1. The van der Waals surface area contributed by atoms with Crippen LogP contribution in [0.5, 0.6) is 17.2 Å². The molecule has 8 nitrogen and oxygen atoms in total. The van der Waals surface area contributed by atoms with Crippen molar-refractivity contribution in [2.45, 2.75) is 26.3 Å². The second-order valence-corrected chi connectivity index (χ2v) is 8.42. The maximum Gasteiger partial charge on any atom is 0.308 e. The number of benzene rings is 3. The van der Waals surface area contributed by atoms with Gasteiger partial charge in [-0.05, 0) is 60.0 Å². The molecule has 1 unspecified atom stereocenters. The van der Waals surface area contributed by atoms with E-state index >= 15 is 0 Å². The van der Waals surface area contributed by atoms with E-state index < -0.39 is 29.5 Å². The van der Waals surface area contributed by atoms with Crippen LogP contribution in [-0.4, -0.2) is 37.0 Å². The molecule has 1 aliphatic heterocycles. The summed E-state index contributed by atoms with van der Waals surface area (Å²) in [6.45, 7) is 3.30. The van der Waals surface area contributed by atoms with Crippen LogP contribution >= 0.6 is 0 Å². The molecule has 1 aliphatic rings. The number of methoxy groups -OCH3 is 2. The monoisotopic (exact) mass is 501 g/mol. The molecule has 0 radical (unpaired) electrons. The summed E-state index contributed by atoms with van der Waals surface area (Å²) < 4.78 is 15.9. The first-order valence-corrected chi connectivity index (χ1v) is 11.7. The number of hydrogen-bond donors (Lipinski definition) is 1. The van der Waals surface area contributed by atoms with Crippen molar-refractivity contribution in [3.63, 3.8) is 0 Å². The molecule has 1 amide bonds. The fourth-order valence-electron chi connectivity index (χ4n) is 4.36. The Bertz CT molecular complexity index is 1390. The molecule has 3 aromatic carbocycles. The molecule has 0 aliphatic carbocycles. The van der Waals surface area contributed by atoms with Crippen LogP contribution in [0, 0.1) is 0 Å². The first-order valence-electron chi connectivity index (χ1n) is 11.7. The van der Waals surface area contributed by atoms with Crippen molar-refractivity contribution in [1.29, 1.82) is 0 Å². The molecule has 0 bridgehead atoms. The third-order valence-corrected chi connectivity index (χ3v) is 6.16. The average Bonchev–Trinajstić information content (AvgIpc) is 3.17. The van der Waals surface area contributed by atoms with Gasteiger partial charge in [-0.15, -0.1) is 0 Å². The van der Waals surface area contributed by atoms with E-state index in [4.69, 9.17) is 14.2 Å². The van der Waals surface area contributed by atoms with Gasteiger partial charge in [0.25, 0.3) is 11.7 Å². The van der Waals surface area contributed by atoms with Gasteiger partial charge in [-0.3, -0.25) is 19.3 Å². The minimum Gasteiger partial charge on any atom is -0.507 e. The SMILES string of the molecule is CCc1ccc(N2C(=O)C(=O)/C(=C(/O)c3cc(OC)ccc3OC)C2c2cccc(OC(C)=O)c2)cc1. The van der Waals surface area contributed by atoms with Gasteiger partial charge < -0.3 is 19.3 Å². The topological polar surface area (TPSA) is 102 Å². The summed E-state index contributed by atoms with van der Waals surface area (Å²) in [6.07, 6.45) is 0.808. The van der Waals surface area contributed by atoms with Crippen molar-refractivity contribution in [3.8, 4) is 17.2 Å². The Morgan fingerprint density at radius 2 is 1.68 bits per heavy atom. The number of carbonyl (C=O) groups excluding carboxylic acids is 3. The zero-order valence-electron chi connectivity index (χ0n) is 21.0. The Morgan fingerprint density at radius 3 is 2.30 bits per heavy atom. The number of esters is 1. The van der Waals surface area contributed by atoms with Crippen molar-refractivity contribution in [2.75, 3.05) is 19.1 Å². The van der Waals surface area contributed by atoms with E-state index in [1.54, 1.807) is 48.5 Å². The average molecular weight is 502 g/mol. The van der Waals surface area contributed by atoms with E-state index in [1.165, 1.54) is 32.1 Å². The molecule has 0 saturated carbocycles. The molecule has 0 spiro atoms. The van der Waals surface area contributed by atoms with E-state index in [-0.39, 0.29) is 16.9 Å². The number of ether oxygens (including phenoxy) is 3. The zero-order chi connectivity index (χ0) is 26.7. The molecule has 37 heavy (non-hydrogen) atoms. The highest BCUT2D eigenvalue weighted by Gasteiger charge is 2.47. The Labute approximate surface area is 214 Å². The molecule has 1 atom stereocenters. The Hall–Kier alpha value is -4.59. The van der Waals surface area contributed by atoms with Crippen LogP contribution in [0.3, 0.4) is 0 Å². The quantitative estimate of drug-likeness (QED) is 0.163. The summed E-state index contributed by atoms with van der Waals surface area (Å²) in [5.41, 5.74) is 2.09. The van der Waals surface area contributed by atoms with E-state index in [9.17, 15) is 19.5 Å². The molecule has 8 heteroatoms. The van der Waals surface area contributed by atoms with Gasteiger partial charge in [0, 0.05) is 12.6 Å². The van der Waals surface area contributed by atoms with Crippen LogP contribution in [0.2, 0.25) is 0 Å². The van der Waals surface area contributed by atoms with Crippen molar-refractivity contribution in [3.05, 3.63) is 89.0 Å². The van der Waals surface area contributed by atoms with E-state index in [1.807, 2.05) is 19.1 Å². The van der Waals surface area contributed by atoms with E-state index in [2.05, 4.69) is 0 Å². The number of hydrogen-bond acceptors (Lipinski definition) is 7. The lowest BCUT2D eigenvalue weighted by molar-refractivity contribution is -0.132. The highest BCUT2D eigenvalue weighted by atomic mass is 16.5. The number of ketones is 1. The van der Waals surface area contributed by atoms with Crippen molar-refractivity contribution in [1.82, 2.24) is 0 Å². The van der Waals surface area contributed by atoms with Gasteiger partial charge in [0.05, 0.1) is 31.4 Å². The number of aliphatic hydroxyl groups is 1. The van der Waals surface area contributed by atoms with Gasteiger partial charge >= 0.3 is 5.97 Å². The molecule has 4 rings (SSSR count). The van der Waals surface area contributed by atoms with Gasteiger partial charge in [0.1, 0.15) is 23.0 Å². The first kappa shape index (κ1) is 25.5. The highest BCUT2D eigenvalue weighted by molar-refractivity contribution is 6.51. The van der Waals surface area contributed by atoms with Gasteiger partial charge in [-0.25, -0.2) is 0 Å². The number of carbonyl (C=O) groups is 3. The maximum absolute atomic E-state index is 13.5. The van der Waals surface area contributed by atoms with Crippen LogP contribution in [0.1, 0.15) is 36.6 Å². The lowest BCUT2D eigenvalue weighted by atomic mass is 9.94. The van der Waals surface area contributed by atoms with Gasteiger partial charge in [-0.1, -0.05) is 31.2 Å². The summed E-state index contributed by atoms with van der Waals surface area (Å²) in [6, 6.07) is 17.6. The van der Waals surface area contributed by atoms with Crippen LogP contribution < -0.4 is 19.1 Å². The lowest BCUT2D eigenvalue weighted by Gasteiger charge is -2.26. The largest absolute Gasteiger partial charge is 0.507 e. The van der Waals surface area contributed by atoms with Crippen molar-refractivity contribution >= 4 is 29.1 Å². The van der Waals surface area contributed by atoms with E-state index in [0.717, 1.165) is 12.0 Å². The molecule has 190 valence electrons. The molecular formula is C29H27NO7. The second-order valence-electron chi connectivity index (χ2n) is 8.42. The van der Waals surface area contributed by atoms with Gasteiger partial charge in [-0.2, -0.15) is 0 Å². The lowest BCUT2D eigenvalue weighted by Crippen LogP contribution is -2.29. The van der Waals surface area contributed by atoms with Crippen molar-refractivity contribution < 1.29 is 33.7 Å². The Kier molecular flexibility index (Phi) is 7.29. The number of rotatable bonds is 7. The highest BCUT2D eigenvalue weighted by Crippen LogP contribution is 2.44. The summed E-state index contributed by atoms with van der Waals surface area (Å²) in [5, 5.41) is 11.5. The zero-order valence-corrected chi connectivity index (χ0v) is 21.0. The predicted octanol–water partition coefficient (Wildman–Crippen LogP) is 4.82. The molecule has 0 aromatic heterocycles. The van der Waals surface area contributed by atoms with Crippen LogP contribution in [0.15, 0.2) is 72.3 Å². The standard InChI is InChI=1S/C29H27NO7/c1-5-18-9-11-20(12-10-18)30-26(19-7-6-8-22(15-19)37-17(2)31)25(28(33)29(30)34)27(32)23-16-21(35-3)13-14-24(23)36-4/h6-16,26,32H,5H2,1-4H3/b27-25+. The smallest absolute Gasteiger partial charge is 0.308 e. The summed E-state index contributed by atoms with van der Waals surface area (Å²) >= 11 is 0. The second kappa shape index (κ2) is 10.6. The number of nitrogens with zero attached hydrogens (tertiary/aromatic N) is 1. The van der Waals surface area contributed by atoms with Gasteiger partial charge in [0.2, 0.25) is 0 Å². The molecule has 1 saturated heterocycles. The van der Waals surface area contributed by atoms with Crippen molar-refractivity contribution in [2.24, 2.45) is 0 Å². The van der Waals surface area contributed by atoms with Crippen LogP contribution in [-0.2, 0) is 20.8 Å². The normalized spacial score (nSPS) is 16.5. The number of Topliss-reactive ketones (excluding diaryl/α,β-unsaturated/α-hetero) is 1. The minimum atomic E-state index is -1.00. The Morgan fingerprint density at radius 1 is 0.946 bits per heavy atom. The predicted molar refractivity (Wildman–Crippen MR) is 138 cm³/mol. The fraction of sp³-hybridized carbons (Fsp3) is 0.207. The number of anilines is 1. The molecular weight excluding hydrogens is 474 g/mol. The van der Waals surface area contributed by atoms with Crippen LogP contribution in [0.4, 0.5) is 5.69 Å². The third kappa shape index (κ3) is 4.91. The van der Waals surface area contributed by atoms with Gasteiger partial charge in [0.15, 0.2) is 0 Å². The Balaban J connectivity index is 1.97. The maximum atomic E-state index is 13.5. The molecule has 1 fully saturated rings. The summed E-state index contributed by atoms with van der Waals surface area (Å²) in [4.78, 5) is 39.8. The molecule has 1 N–H and O–H groups in total. The third-order valence-electron chi connectivity index (χ3n) is 6.16. The minimum absolute atomic E-state index is 0.129. The summed E-state index contributed by atoms with van der Waals surface area (Å²) in [7, 11) is 2.91. The number of aliphatic hydroxyl groups excluding tert-OH is 1. The van der Waals surface area contributed by atoms with Crippen LogP contribution in [0.25, 0.3) is 5.76 Å².